The van der Waals surface area contributed by atoms with Gasteiger partial charge in [-0.15, -0.1) is 11.6 Å². The third kappa shape index (κ3) is 4.96. The highest BCUT2D eigenvalue weighted by Gasteiger charge is 2.45. The predicted molar refractivity (Wildman–Crippen MR) is 56.2 cm³/mol. The number of aliphatic hydroxyl groups is 3. The minimum atomic E-state index is -2.73. The first-order valence-corrected chi connectivity index (χ1v) is 5.27. The largest absolute Gasteiger partial charge is 0.433 e. The van der Waals surface area contributed by atoms with Crippen LogP contribution in [0.4, 0.5) is 0 Å². The lowest BCUT2D eigenvalue weighted by Crippen LogP contribution is -2.53. The molecule has 0 aliphatic carbocycles. The number of alkyl halides is 1. The molecule has 0 rings (SSSR count). The summed E-state index contributed by atoms with van der Waals surface area (Å²) in [6.07, 6.45) is -5.09. The van der Waals surface area contributed by atoms with Crippen molar-refractivity contribution in [3.05, 3.63) is 0 Å². The summed E-state index contributed by atoms with van der Waals surface area (Å²) >= 11 is 5.12. The smallest absolute Gasteiger partial charge is 0.323 e. The Bertz CT molecular complexity index is 320. The maximum atomic E-state index is 10.9. The van der Waals surface area contributed by atoms with Gasteiger partial charge in [-0.25, -0.2) is 0 Å². The van der Waals surface area contributed by atoms with Gasteiger partial charge in [-0.1, -0.05) is 0 Å². The van der Waals surface area contributed by atoms with Crippen LogP contribution in [0.3, 0.4) is 0 Å². The number of hydrogen-bond donors (Lipinski definition) is 3. The van der Waals surface area contributed by atoms with Crippen LogP contribution in [0, 0.1) is 0 Å². The molecule has 0 bridgehead atoms. The van der Waals surface area contributed by atoms with Gasteiger partial charge in [-0.2, -0.15) is 0 Å². The summed E-state index contributed by atoms with van der Waals surface area (Å²) in [6, 6.07) is 0. The molecule has 0 aliphatic heterocycles. The lowest BCUT2D eigenvalue weighted by molar-refractivity contribution is -0.287. The maximum absolute atomic E-state index is 10.9. The van der Waals surface area contributed by atoms with Gasteiger partial charge in [0.15, 0.2) is 6.10 Å². The second-order valence-electron chi connectivity index (χ2n) is 3.27. The Balaban J connectivity index is 4.89. The second-order valence-corrected chi connectivity index (χ2v) is 3.54. The minimum absolute atomic E-state index is 0.144. The van der Waals surface area contributed by atoms with Crippen molar-refractivity contribution in [1.29, 1.82) is 0 Å². The van der Waals surface area contributed by atoms with Crippen LogP contribution in [0.2, 0.25) is 0 Å². The van der Waals surface area contributed by atoms with E-state index in [4.69, 9.17) is 11.6 Å². The van der Waals surface area contributed by atoms with E-state index in [0.29, 0.717) is 0 Å². The highest BCUT2D eigenvalue weighted by molar-refractivity contribution is 6.26. The van der Waals surface area contributed by atoms with Crippen LogP contribution in [0.15, 0.2) is 0 Å². The number of rotatable bonds is 7. The predicted octanol–water partition coefficient (Wildman–Crippen LogP) is -1.71. The lowest BCUT2D eigenvalue weighted by atomic mass is 10.1. The number of esters is 2. The summed E-state index contributed by atoms with van der Waals surface area (Å²) in [5.41, 5.74) is 0. The molecule has 0 aliphatic rings. The van der Waals surface area contributed by atoms with E-state index in [-0.39, 0.29) is 6.29 Å². The molecule has 0 aromatic carbocycles. The molecule has 0 heterocycles. The first-order valence-electron chi connectivity index (χ1n) is 4.74. The van der Waals surface area contributed by atoms with E-state index in [1.54, 1.807) is 0 Å². The second kappa shape index (κ2) is 7.27. The molecule has 3 N–H and O–H groups in total. The molecule has 9 heteroatoms. The van der Waals surface area contributed by atoms with Gasteiger partial charge in [0, 0.05) is 6.92 Å². The van der Waals surface area contributed by atoms with E-state index >= 15 is 0 Å². The van der Waals surface area contributed by atoms with Gasteiger partial charge in [0.05, 0.1) is 6.42 Å². The summed E-state index contributed by atoms with van der Waals surface area (Å²) < 4.78 is 8.53. The Labute approximate surface area is 107 Å². The molecule has 0 saturated carbocycles. The molecule has 0 saturated heterocycles. The van der Waals surface area contributed by atoms with Gasteiger partial charge in [0.1, 0.15) is 12.2 Å². The quantitative estimate of drug-likeness (QED) is 0.218. The highest BCUT2D eigenvalue weighted by Crippen LogP contribution is 2.20. The zero-order chi connectivity index (χ0) is 14.3. The number of carbonyl (C=O) groups is 3. The third-order valence-electron chi connectivity index (χ3n) is 1.79. The molecule has 0 aromatic heterocycles. The summed E-state index contributed by atoms with van der Waals surface area (Å²) in [4.78, 5) is 31.8. The van der Waals surface area contributed by atoms with Gasteiger partial charge < -0.3 is 29.6 Å². The number of aldehydes is 1. The molecule has 0 amide bonds. The number of aliphatic hydroxyl groups excluding tert-OH is 2. The molecule has 18 heavy (non-hydrogen) atoms. The summed E-state index contributed by atoms with van der Waals surface area (Å²) in [6.45, 7) is 0.944. The van der Waals surface area contributed by atoms with E-state index in [0.717, 1.165) is 6.92 Å². The first kappa shape index (κ1) is 16.8. The van der Waals surface area contributed by atoms with Gasteiger partial charge in [0.25, 0.3) is 0 Å². The maximum Gasteiger partial charge on any atom is 0.323 e. The van der Waals surface area contributed by atoms with Gasteiger partial charge in [-0.3, -0.25) is 9.59 Å². The van der Waals surface area contributed by atoms with E-state index in [1.165, 1.54) is 0 Å². The van der Waals surface area contributed by atoms with Crippen LogP contribution >= 0.6 is 11.6 Å². The number of halogens is 1. The van der Waals surface area contributed by atoms with Crippen LogP contribution in [0.25, 0.3) is 0 Å². The molecule has 3 atom stereocenters. The molecular formula is C9H13ClO8. The van der Waals surface area contributed by atoms with Crippen LogP contribution < -0.4 is 0 Å². The summed E-state index contributed by atoms with van der Waals surface area (Å²) in [7, 11) is 0. The van der Waals surface area contributed by atoms with E-state index in [1.807, 2.05) is 0 Å². The number of carbonyl (C=O) groups excluding carboxylic acids is 3. The lowest BCUT2D eigenvalue weighted by Gasteiger charge is -2.32. The zero-order valence-corrected chi connectivity index (χ0v) is 10.2. The van der Waals surface area contributed by atoms with Crippen LogP contribution in [-0.4, -0.2) is 57.6 Å². The number of hydrogen-bond acceptors (Lipinski definition) is 8. The fourth-order valence-electron chi connectivity index (χ4n) is 1.02. The van der Waals surface area contributed by atoms with Crippen molar-refractivity contribution in [2.24, 2.45) is 0 Å². The fraction of sp³-hybridized carbons (Fsp3) is 0.667. The Kier molecular flexibility index (Phi) is 6.77. The van der Waals surface area contributed by atoms with Crippen molar-refractivity contribution in [2.45, 2.75) is 31.5 Å². The average molecular weight is 285 g/mol. The van der Waals surface area contributed by atoms with Gasteiger partial charge in [-0.05, 0) is 0 Å². The summed E-state index contributed by atoms with van der Waals surface area (Å²) in [5, 5.41) is 28.5. The monoisotopic (exact) mass is 284 g/mol. The van der Waals surface area contributed by atoms with Crippen molar-refractivity contribution in [2.75, 3.05) is 5.88 Å². The van der Waals surface area contributed by atoms with Crippen LogP contribution in [0.1, 0.15) is 13.3 Å². The number of ether oxygens (including phenoxy) is 2. The van der Waals surface area contributed by atoms with E-state index in [2.05, 4.69) is 9.47 Å². The molecular weight excluding hydrogens is 272 g/mol. The normalized spacial score (nSPS) is 17.2. The van der Waals surface area contributed by atoms with Crippen molar-refractivity contribution >= 4 is 29.8 Å². The molecule has 104 valence electrons. The molecule has 0 spiro atoms. The SMILES string of the molecule is CC(=O)OC(O)[C@@H](O)[C@@](O)(CC=O)OC(=O)CCl. The van der Waals surface area contributed by atoms with Crippen molar-refractivity contribution < 1.29 is 39.2 Å². The van der Waals surface area contributed by atoms with E-state index < -0.39 is 42.4 Å². The van der Waals surface area contributed by atoms with Crippen LogP contribution in [0.5, 0.6) is 0 Å². The fourth-order valence-corrected chi connectivity index (χ4v) is 1.08. The van der Waals surface area contributed by atoms with Crippen LogP contribution in [-0.2, 0) is 23.9 Å². The van der Waals surface area contributed by atoms with Gasteiger partial charge >= 0.3 is 11.9 Å². The average Bonchev–Trinajstić information content (AvgIpc) is 2.27. The zero-order valence-electron chi connectivity index (χ0n) is 9.41. The Morgan fingerprint density at radius 2 is 2.00 bits per heavy atom. The molecule has 1 unspecified atom stereocenters. The highest BCUT2D eigenvalue weighted by atomic mass is 35.5. The molecule has 8 nitrogen and oxygen atoms in total. The molecule has 0 radical (unpaired) electrons. The van der Waals surface area contributed by atoms with Crippen molar-refractivity contribution in [1.82, 2.24) is 0 Å². The van der Waals surface area contributed by atoms with Crippen molar-refractivity contribution in [3.63, 3.8) is 0 Å². The Morgan fingerprint density at radius 3 is 2.39 bits per heavy atom. The topological polar surface area (TPSA) is 130 Å². The molecule has 0 fully saturated rings. The third-order valence-corrected chi connectivity index (χ3v) is 2.01. The first-order chi connectivity index (χ1) is 8.26. The molecule has 0 aromatic rings. The standard InChI is InChI=1S/C9H13ClO8/c1-5(12)17-8(15)7(14)9(16,2-3-11)18-6(13)4-10/h3,7-8,14-16H,2,4H2,1H3/t7-,8?,9-/m1/s1. The van der Waals surface area contributed by atoms with E-state index in [9.17, 15) is 29.7 Å². The minimum Gasteiger partial charge on any atom is -0.433 e. The summed E-state index contributed by atoms with van der Waals surface area (Å²) in [5.74, 6) is -5.45. The Morgan fingerprint density at radius 1 is 1.44 bits per heavy atom. The Hall–Kier alpha value is -1.22. The van der Waals surface area contributed by atoms with Crippen molar-refractivity contribution in [3.8, 4) is 0 Å². The van der Waals surface area contributed by atoms with Gasteiger partial charge in [0.2, 0.25) is 12.1 Å².